The number of hydrogen-bond donors (Lipinski definition) is 1. The van der Waals surface area contributed by atoms with Gasteiger partial charge in [-0.3, -0.25) is 9.71 Å². The maximum atomic E-state index is 12.1. The third-order valence-corrected chi connectivity index (χ3v) is 5.51. The van der Waals surface area contributed by atoms with Crippen LogP contribution in [0.5, 0.6) is 0 Å². The summed E-state index contributed by atoms with van der Waals surface area (Å²) in [6, 6.07) is 11.6. The molecule has 2 aromatic rings. The van der Waals surface area contributed by atoms with E-state index in [1.165, 1.54) is 6.07 Å². The average molecular weight is 393 g/mol. The highest BCUT2D eigenvalue weighted by molar-refractivity contribution is 7.90. The van der Waals surface area contributed by atoms with Crippen LogP contribution in [0, 0.1) is 6.92 Å². The molecule has 3 rings (SSSR count). The number of nitrogens with one attached hydrogen (secondary N) is 1. The van der Waals surface area contributed by atoms with Gasteiger partial charge < -0.3 is 4.74 Å². The molecule has 136 valence electrons. The summed E-state index contributed by atoms with van der Waals surface area (Å²) in [6.45, 7) is 2.31. The van der Waals surface area contributed by atoms with Crippen LogP contribution in [0.2, 0.25) is 5.02 Å². The Morgan fingerprint density at radius 3 is 2.77 bits per heavy atom. The predicted octanol–water partition coefficient (Wildman–Crippen LogP) is 2.93. The molecule has 26 heavy (non-hydrogen) atoms. The number of sulfonamides is 1. The number of aryl methyl sites for hydroxylation is 1. The van der Waals surface area contributed by atoms with Gasteiger partial charge in [0.15, 0.2) is 0 Å². The Morgan fingerprint density at radius 2 is 2.00 bits per heavy atom. The zero-order valence-electron chi connectivity index (χ0n) is 14.0. The summed E-state index contributed by atoms with van der Waals surface area (Å²) < 4.78 is 31.6. The maximum absolute atomic E-state index is 12.1. The Balaban J connectivity index is 1.55. The molecule has 0 aromatic heterocycles. The van der Waals surface area contributed by atoms with Crippen LogP contribution in [-0.2, 0) is 14.8 Å². The number of esters is 1. The fraction of sp³-hybridized carbons (Fsp3) is 0.222. The molecule has 1 aliphatic rings. The number of rotatable bonds is 5. The molecule has 0 saturated heterocycles. The van der Waals surface area contributed by atoms with Crippen LogP contribution in [0.4, 0.5) is 0 Å². The molecule has 1 N–H and O–H groups in total. The van der Waals surface area contributed by atoms with Crippen molar-refractivity contribution in [1.29, 1.82) is 0 Å². The lowest BCUT2D eigenvalue weighted by atomic mass is 10.1. The van der Waals surface area contributed by atoms with Crippen molar-refractivity contribution in [2.45, 2.75) is 18.2 Å². The van der Waals surface area contributed by atoms with Gasteiger partial charge in [-0.1, -0.05) is 23.7 Å². The zero-order valence-corrected chi connectivity index (χ0v) is 15.6. The number of hydrogen-bond acceptors (Lipinski definition) is 5. The van der Waals surface area contributed by atoms with E-state index in [1.54, 1.807) is 43.3 Å². The van der Waals surface area contributed by atoms with Crippen molar-refractivity contribution in [2.75, 3.05) is 13.2 Å². The van der Waals surface area contributed by atoms with Crippen molar-refractivity contribution in [2.24, 2.45) is 4.99 Å². The molecule has 0 bridgehead atoms. The maximum Gasteiger partial charge on any atom is 0.338 e. The lowest BCUT2D eigenvalue weighted by Crippen LogP contribution is -2.22. The molecule has 0 spiro atoms. The number of aliphatic imine (C=N–C) groups is 1. The van der Waals surface area contributed by atoms with Gasteiger partial charge in [0, 0.05) is 23.6 Å². The number of fused-ring (bicyclic) bond motifs is 1. The first-order chi connectivity index (χ1) is 12.4. The second-order valence-corrected chi connectivity index (χ2v) is 7.87. The molecule has 0 amide bonds. The Hall–Kier alpha value is -2.38. The number of benzene rings is 2. The van der Waals surface area contributed by atoms with E-state index >= 15 is 0 Å². The van der Waals surface area contributed by atoms with E-state index in [9.17, 15) is 13.2 Å². The van der Waals surface area contributed by atoms with Crippen molar-refractivity contribution in [3.05, 3.63) is 64.2 Å². The number of nitrogens with zero attached hydrogens (tertiary/aromatic N) is 1. The van der Waals surface area contributed by atoms with Crippen molar-refractivity contribution >= 4 is 33.4 Å². The standard InChI is InChI=1S/C18H17ClN2O4S/c1-12-11-13(19)7-8-14(12)18(22)25-10-4-9-20-17-15-5-2-3-6-16(15)26(23,24)21-17/h2-3,5-8,11H,4,9-10H2,1H3,(H,20,21). The minimum absolute atomic E-state index is 0.187. The highest BCUT2D eigenvalue weighted by Gasteiger charge is 2.29. The quantitative estimate of drug-likeness (QED) is 0.626. The summed E-state index contributed by atoms with van der Waals surface area (Å²) in [6.07, 6.45) is 0.478. The first-order valence-corrected chi connectivity index (χ1v) is 9.84. The minimum atomic E-state index is -3.53. The second-order valence-electron chi connectivity index (χ2n) is 5.78. The summed E-state index contributed by atoms with van der Waals surface area (Å²) in [5, 5.41) is 0.564. The lowest BCUT2D eigenvalue weighted by molar-refractivity contribution is 0.0502. The molecule has 1 heterocycles. The summed E-state index contributed by atoms with van der Waals surface area (Å²) in [7, 11) is -3.53. The van der Waals surface area contributed by atoms with E-state index in [0.717, 1.165) is 5.56 Å². The predicted molar refractivity (Wildman–Crippen MR) is 99.3 cm³/mol. The molecule has 8 heteroatoms. The van der Waals surface area contributed by atoms with Crippen LogP contribution in [0.15, 0.2) is 52.4 Å². The lowest BCUT2D eigenvalue weighted by Gasteiger charge is -2.07. The molecule has 0 saturated carbocycles. The molecular weight excluding hydrogens is 376 g/mol. The van der Waals surface area contributed by atoms with E-state index in [4.69, 9.17) is 16.3 Å². The molecule has 0 unspecified atom stereocenters. The normalized spacial score (nSPS) is 16.2. The number of carbonyl (C=O) groups is 1. The van der Waals surface area contributed by atoms with Crippen molar-refractivity contribution in [3.8, 4) is 0 Å². The van der Waals surface area contributed by atoms with Gasteiger partial charge in [0.05, 0.1) is 17.1 Å². The molecular formula is C18H17ClN2O4S. The summed E-state index contributed by atoms with van der Waals surface area (Å²) in [5.41, 5.74) is 1.78. The molecule has 0 atom stereocenters. The van der Waals surface area contributed by atoms with Crippen molar-refractivity contribution < 1.29 is 17.9 Å². The van der Waals surface area contributed by atoms with E-state index in [0.29, 0.717) is 35.0 Å². The number of amidine groups is 1. The largest absolute Gasteiger partial charge is 0.462 e. The van der Waals surface area contributed by atoms with E-state index in [1.807, 2.05) is 0 Å². The van der Waals surface area contributed by atoms with Crippen molar-refractivity contribution in [3.63, 3.8) is 0 Å². The van der Waals surface area contributed by atoms with Gasteiger partial charge >= 0.3 is 5.97 Å². The summed E-state index contributed by atoms with van der Waals surface area (Å²) >= 11 is 5.87. The zero-order chi connectivity index (χ0) is 18.7. The number of halogens is 1. The van der Waals surface area contributed by atoms with Crippen LogP contribution in [-0.4, -0.2) is 33.4 Å². The van der Waals surface area contributed by atoms with Crippen LogP contribution >= 0.6 is 11.6 Å². The van der Waals surface area contributed by atoms with Crippen LogP contribution in [0.1, 0.15) is 27.9 Å². The Bertz CT molecular complexity index is 986. The van der Waals surface area contributed by atoms with Crippen LogP contribution in [0.25, 0.3) is 0 Å². The van der Waals surface area contributed by atoms with Gasteiger partial charge in [-0.2, -0.15) is 0 Å². The van der Waals surface area contributed by atoms with Gasteiger partial charge in [0.25, 0.3) is 10.0 Å². The minimum Gasteiger partial charge on any atom is -0.462 e. The highest BCUT2D eigenvalue weighted by Crippen LogP contribution is 2.22. The summed E-state index contributed by atoms with van der Waals surface area (Å²) in [5.74, 6) is -0.0980. The fourth-order valence-corrected chi connectivity index (χ4v) is 4.08. The van der Waals surface area contributed by atoms with Crippen LogP contribution < -0.4 is 4.72 Å². The second kappa shape index (κ2) is 7.47. The first-order valence-electron chi connectivity index (χ1n) is 7.98. The van der Waals surface area contributed by atoms with Gasteiger partial charge in [-0.05, 0) is 42.8 Å². The van der Waals surface area contributed by atoms with Gasteiger partial charge in [0.2, 0.25) is 0 Å². The molecule has 6 nitrogen and oxygen atoms in total. The third-order valence-electron chi connectivity index (χ3n) is 3.88. The van der Waals surface area contributed by atoms with Crippen molar-refractivity contribution in [1.82, 2.24) is 4.72 Å². The molecule has 0 radical (unpaired) electrons. The Kier molecular flexibility index (Phi) is 5.29. The SMILES string of the molecule is Cc1cc(Cl)ccc1C(=O)OCCCN=C1NS(=O)(=O)c2ccccc21. The third kappa shape index (κ3) is 3.89. The average Bonchev–Trinajstić information content (AvgIpc) is 2.85. The summed E-state index contributed by atoms with van der Waals surface area (Å²) in [4.78, 5) is 16.6. The Morgan fingerprint density at radius 1 is 1.23 bits per heavy atom. The number of ether oxygens (including phenoxy) is 1. The smallest absolute Gasteiger partial charge is 0.338 e. The number of carbonyl (C=O) groups excluding carboxylic acids is 1. The molecule has 0 aliphatic carbocycles. The van der Waals surface area contributed by atoms with Gasteiger partial charge in [-0.15, -0.1) is 0 Å². The first kappa shape index (κ1) is 18.4. The van der Waals surface area contributed by atoms with E-state index in [2.05, 4.69) is 9.71 Å². The molecule has 2 aromatic carbocycles. The monoisotopic (exact) mass is 392 g/mol. The van der Waals surface area contributed by atoms with E-state index < -0.39 is 16.0 Å². The fourth-order valence-electron chi connectivity index (χ4n) is 2.61. The van der Waals surface area contributed by atoms with E-state index in [-0.39, 0.29) is 11.5 Å². The Labute approximate surface area is 156 Å². The highest BCUT2D eigenvalue weighted by atomic mass is 35.5. The molecule has 0 fully saturated rings. The van der Waals surface area contributed by atoms with Gasteiger partial charge in [0.1, 0.15) is 5.84 Å². The molecule has 1 aliphatic heterocycles. The van der Waals surface area contributed by atoms with Gasteiger partial charge in [-0.25, -0.2) is 13.2 Å². The topological polar surface area (TPSA) is 84.8 Å². The van der Waals surface area contributed by atoms with Crippen LogP contribution in [0.3, 0.4) is 0 Å².